The molecule has 0 amide bonds. The first-order valence-corrected chi connectivity index (χ1v) is 17.2. The quantitative estimate of drug-likeness (QED) is 0.149. The molecule has 4 rings (SSSR count). The van der Waals surface area contributed by atoms with Crippen molar-refractivity contribution < 1.29 is 35.8 Å². The van der Waals surface area contributed by atoms with Crippen molar-refractivity contribution >= 4 is 68.8 Å². The van der Waals surface area contributed by atoms with E-state index in [1.807, 2.05) is 6.07 Å². The zero-order valence-electron chi connectivity index (χ0n) is 19.7. The van der Waals surface area contributed by atoms with Gasteiger partial charge in [0.25, 0.3) is 0 Å². The van der Waals surface area contributed by atoms with Crippen molar-refractivity contribution in [3.63, 3.8) is 0 Å². The average molecular weight is 678 g/mol. The van der Waals surface area contributed by atoms with E-state index < -0.39 is 36.7 Å². The number of hydrogen-bond acceptors (Lipinski definition) is 2. The molecule has 0 atom stereocenters. The van der Waals surface area contributed by atoms with Crippen LogP contribution in [-0.4, -0.2) is 0 Å². The summed E-state index contributed by atoms with van der Waals surface area (Å²) in [6.07, 6.45) is -9.03. The van der Waals surface area contributed by atoms with Gasteiger partial charge in [-0.15, -0.1) is 0 Å². The first kappa shape index (κ1) is 32.6. The van der Waals surface area contributed by atoms with Crippen LogP contribution in [0, 0.1) is 0 Å². The molecule has 0 radical (unpaired) electrons. The molecule has 0 spiro atoms. The van der Waals surface area contributed by atoms with Gasteiger partial charge in [-0.05, 0) is 60.7 Å². The molecule has 0 N–H and O–H groups in total. The van der Waals surface area contributed by atoms with Gasteiger partial charge in [0.1, 0.15) is 36.3 Å². The van der Waals surface area contributed by atoms with E-state index in [0.717, 1.165) is 12.1 Å². The standard InChI is InChI=1S/2C13H8Cl2F3OP/c14-20(15)12-7-6-10(8-11(12)13(16,17)18)19-9-4-2-1-3-5-9;14-20(15)12-8-10(6-7-11(12)13(16,17)18)19-9-4-2-1-3-5-9/h2*1-8H. The summed E-state index contributed by atoms with van der Waals surface area (Å²) in [7, 11) is 0. The van der Waals surface area contributed by atoms with Gasteiger partial charge in [-0.2, -0.15) is 26.3 Å². The van der Waals surface area contributed by atoms with Crippen LogP contribution in [0.5, 0.6) is 23.0 Å². The van der Waals surface area contributed by atoms with Gasteiger partial charge in [0, 0.05) is 10.6 Å². The third kappa shape index (κ3) is 9.58. The molecule has 212 valence electrons. The van der Waals surface area contributed by atoms with Crippen molar-refractivity contribution in [1.82, 2.24) is 0 Å². The molecule has 0 saturated carbocycles. The lowest BCUT2D eigenvalue weighted by Gasteiger charge is -2.15. The summed E-state index contributed by atoms with van der Waals surface area (Å²) in [5.74, 6) is 1.31. The molecule has 0 aliphatic carbocycles. The van der Waals surface area contributed by atoms with Crippen molar-refractivity contribution in [3.8, 4) is 23.0 Å². The highest BCUT2D eigenvalue weighted by molar-refractivity contribution is 8.09. The van der Waals surface area contributed by atoms with E-state index in [1.54, 1.807) is 54.6 Å². The summed E-state index contributed by atoms with van der Waals surface area (Å²) in [6.45, 7) is -3.81. The Hall–Kier alpha value is -1.92. The third-order valence-electron chi connectivity index (χ3n) is 4.87. The predicted octanol–water partition coefficient (Wildman–Crippen LogP) is 11.8. The number of alkyl halides is 6. The molecule has 0 aromatic heterocycles. The van der Waals surface area contributed by atoms with Gasteiger partial charge < -0.3 is 9.47 Å². The van der Waals surface area contributed by atoms with Crippen LogP contribution in [0.15, 0.2) is 97.1 Å². The molecule has 14 heteroatoms. The summed E-state index contributed by atoms with van der Waals surface area (Å²) in [5, 5.41) is -0.291. The second-order valence-electron chi connectivity index (χ2n) is 7.65. The van der Waals surface area contributed by atoms with Gasteiger partial charge in [-0.1, -0.05) is 81.4 Å². The minimum Gasteiger partial charge on any atom is -0.457 e. The van der Waals surface area contributed by atoms with Gasteiger partial charge in [0.2, 0.25) is 0 Å². The molecule has 0 aliphatic rings. The van der Waals surface area contributed by atoms with Crippen LogP contribution in [0.3, 0.4) is 0 Å². The number of benzene rings is 4. The van der Waals surface area contributed by atoms with Crippen molar-refractivity contribution in [3.05, 3.63) is 108 Å². The second-order valence-corrected chi connectivity index (χ2v) is 14.6. The van der Waals surface area contributed by atoms with E-state index in [9.17, 15) is 26.3 Å². The predicted molar refractivity (Wildman–Crippen MR) is 152 cm³/mol. The summed E-state index contributed by atoms with van der Waals surface area (Å²) in [5.41, 5.74) is -1.71. The smallest absolute Gasteiger partial charge is 0.417 e. The van der Waals surface area contributed by atoms with Crippen LogP contribution in [0.2, 0.25) is 0 Å². The highest BCUT2D eigenvalue weighted by Crippen LogP contribution is 2.50. The molecule has 2 nitrogen and oxygen atoms in total. The van der Waals surface area contributed by atoms with E-state index in [-0.39, 0.29) is 22.1 Å². The number of hydrogen-bond donors (Lipinski definition) is 0. The first-order valence-electron chi connectivity index (χ1n) is 10.9. The van der Waals surface area contributed by atoms with Gasteiger partial charge in [-0.3, -0.25) is 0 Å². The van der Waals surface area contributed by atoms with Gasteiger partial charge >= 0.3 is 12.4 Å². The van der Waals surface area contributed by atoms with E-state index in [4.69, 9.17) is 54.4 Å². The summed E-state index contributed by atoms with van der Waals surface area (Å²) >= 11 is 22.6. The van der Waals surface area contributed by atoms with Crippen LogP contribution in [-0.2, 0) is 12.4 Å². The molecule has 0 aliphatic heterocycles. The number of halogens is 10. The number of rotatable bonds is 6. The Balaban J connectivity index is 0.000000220. The molecule has 0 bridgehead atoms. The zero-order chi connectivity index (χ0) is 29.5. The maximum absolute atomic E-state index is 13.0. The Morgan fingerprint density at radius 2 is 0.875 bits per heavy atom. The van der Waals surface area contributed by atoms with Crippen molar-refractivity contribution in [2.45, 2.75) is 12.4 Å². The minimum absolute atomic E-state index is 0.0810. The third-order valence-corrected chi connectivity index (χ3v) is 8.54. The van der Waals surface area contributed by atoms with Crippen LogP contribution in [0.25, 0.3) is 0 Å². The Kier molecular flexibility index (Phi) is 11.7. The maximum Gasteiger partial charge on any atom is 0.417 e. The Labute approximate surface area is 247 Å². The largest absolute Gasteiger partial charge is 0.457 e. The van der Waals surface area contributed by atoms with Crippen LogP contribution in [0.4, 0.5) is 26.3 Å². The molecule has 0 heterocycles. The van der Waals surface area contributed by atoms with Crippen LogP contribution < -0.4 is 20.1 Å². The van der Waals surface area contributed by atoms with E-state index >= 15 is 0 Å². The molecule has 0 unspecified atom stereocenters. The first-order chi connectivity index (χ1) is 18.8. The molecule has 40 heavy (non-hydrogen) atoms. The lowest BCUT2D eigenvalue weighted by Crippen LogP contribution is -2.16. The van der Waals surface area contributed by atoms with Crippen LogP contribution in [0.1, 0.15) is 11.1 Å². The van der Waals surface area contributed by atoms with Crippen molar-refractivity contribution in [2.75, 3.05) is 0 Å². The Morgan fingerprint density at radius 3 is 1.30 bits per heavy atom. The Morgan fingerprint density at radius 1 is 0.450 bits per heavy atom. The summed E-state index contributed by atoms with van der Waals surface area (Å²) < 4.78 is 88.2. The van der Waals surface area contributed by atoms with Gasteiger partial charge in [0.15, 0.2) is 0 Å². The Bertz CT molecular complexity index is 1390. The van der Waals surface area contributed by atoms with Gasteiger partial charge in [-0.25, -0.2) is 0 Å². The number of ether oxygens (including phenoxy) is 2. The highest BCUT2D eigenvalue weighted by Gasteiger charge is 2.36. The minimum atomic E-state index is -4.53. The van der Waals surface area contributed by atoms with Crippen molar-refractivity contribution in [1.29, 1.82) is 0 Å². The molecular formula is C26H16Cl4F6O2P2. The second kappa shape index (κ2) is 14.3. The molecule has 0 fully saturated rings. The fourth-order valence-electron chi connectivity index (χ4n) is 3.16. The maximum atomic E-state index is 13.0. The normalized spacial score (nSPS) is 11.7. The average Bonchev–Trinajstić information content (AvgIpc) is 2.89. The van der Waals surface area contributed by atoms with E-state index in [2.05, 4.69) is 0 Å². The topological polar surface area (TPSA) is 18.5 Å². The lowest BCUT2D eigenvalue weighted by molar-refractivity contribution is -0.137. The van der Waals surface area contributed by atoms with E-state index in [1.165, 1.54) is 24.3 Å². The summed E-state index contributed by atoms with van der Waals surface area (Å²) in [6, 6.07) is 24.2. The van der Waals surface area contributed by atoms with Crippen molar-refractivity contribution in [2.24, 2.45) is 0 Å². The molecule has 0 saturated heterocycles. The van der Waals surface area contributed by atoms with Gasteiger partial charge in [0.05, 0.1) is 11.1 Å². The molecule has 4 aromatic rings. The van der Waals surface area contributed by atoms with E-state index in [0.29, 0.717) is 11.5 Å². The lowest BCUT2D eigenvalue weighted by atomic mass is 10.2. The monoisotopic (exact) mass is 676 g/mol. The number of para-hydroxylation sites is 2. The summed E-state index contributed by atoms with van der Waals surface area (Å²) in [4.78, 5) is 0. The highest BCUT2D eigenvalue weighted by atomic mass is 35.9. The zero-order valence-corrected chi connectivity index (χ0v) is 24.5. The fraction of sp³-hybridized carbons (Fsp3) is 0.0769. The molecular weight excluding hydrogens is 662 g/mol. The fourth-order valence-corrected chi connectivity index (χ4v) is 6.05. The molecule has 4 aromatic carbocycles. The SMILES string of the molecule is FC(F)(F)c1cc(Oc2ccccc2)ccc1P(Cl)Cl.FC(F)(F)c1ccc(Oc2ccccc2)cc1P(Cl)Cl. The van der Waals surface area contributed by atoms with Crippen LogP contribution >= 0.6 is 58.2 Å².